The van der Waals surface area contributed by atoms with Gasteiger partial charge < -0.3 is 10.2 Å². The van der Waals surface area contributed by atoms with Gasteiger partial charge in [-0.25, -0.2) is 4.79 Å². The van der Waals surface area contributed by atoms with Crippen molar-refractivity contribution in [1.82, 2.24) is 4.90 Å². The summed E-state index contributed by atoms with van der Waals surface area (Å²) in [6, 6.07) is 12.4. The number of anilines is 1. The van der Waals surface area contributed by atoms with E-state index in [1.165, 1.54) is 17.7 Å². The number of nitrogens with one attached hydrogen (secondary N) is 1. The van der Waals surface area contributed by atoms with E-state index in [1.807, 2.05) is 24.3 Å². The normalized spacial score (nSPS) is 17.4. The molecule has 0 bridgehead atoms. The molecule has 3 nitrogen and oxygen atoms in total. The van der Waals surface area contributed by atoms with Crippen LogP contribution in [-0.4, -0.2) is 23.2 Å². The fourth-order valence-electron chi connectivity index (χ4n) is 2.81. The molecule has 2 aromatic rings. The molecular formula is C19H19F3N2OS. The monoisotopic (exact) mass is 380 g/mol. The van der Waals surface area contributed by atoms with E-state index in [9.17, 15) is 18.0 Å². The van der Waals surface area contributed by atoms with Crippen molar-refractivity contribution in [2.45, 2.75) is 24.9 Å². The smallest absolute Gasteiger partial charge is 0.308 e. The standard InChI is InChI=1S/C19H19F3N2OS/c1-2-13-3-9-16(10-4-13)23-18(25)24-11-12-26-17(24)14-5-7-15(8-6-14)19(20,21)22/h3-10,17H,2,11-12H2,1H3,(H,23,25). The highest BCUT2D eigenvalue weighted by atomic mass is 32.2. The number of thioether (sulfide) groups is 1. The quantitative estimate of drug-likeness (QED) is 0.757. The van der Waals surface area contributed by atoms with Gasteiger partial charge >= 0.3 is 12.2 Å². The number of halogens is 3. The second-order valence-corrected chi connectivity index (χ2v) is 7.21. The molecule has 26 heavy (non-hydrogen) atoms. The number of benzene rings is 2. The van der Waals surface area contributed by atoms with Crippen LogP contribution in [0.1, 0.15) is 29.0 Å². The van der Waals surface area contributed by atoms with Gasteiger partial charge in [-0.3, -0.25) is 0 Å². The molecule has 0 radical (unpaired) electrons. The lowest BCUT2D eigenvalue weighted by atomic mass is 10.1. The van der Waals surface area contributed by atoms with Gasteiger partial charge in [0.1, 0.15) is 5.37 Å². The van der Waals surface area contributed by atoms with Gasteiger partial charge in [-0.15, -0.1) is 11.8 Å². The molecule has 7 heteroatoms. The molecule has 1 atom stereocenters. The van der Waals surface area contributed by atoms with E-state index in [0.29, 0.717) is 17.8 Å². The molecule has 3 rings (SSSR count). The summed E-state index contributed by atoms with van der Waals surface area (Å²) in [6.07, 6.45) is -3.43. The Hall–Kier alpha value is -2.15. The van der Waals surface area contributed by atoms with E-state index in [0.717, 1.165) is 24.3 Å². The lowest BCUT2D eigenvalue weighted by Gasteiger charge is -2.24. The molecule has 0 spiro atoms. The summed E-state index contributed by atoms with van der Waals surface area (Å²) in [7, 11) is 0. The lowest BCUT2D eigenvalue weighted by molar-refractivity contribution is -0.137. The molecular weight excluding hydrogens is 361 g/mol. The predicted octanol–water partition coefficient (Wildman–Crippen LogP) is 5.55. The number of carbonyl (C=O) groups excluding carboxylic acids is 1. The Morgan fingerprint density at radius 2 is 1.81 bits per heavy atom. The van der Waals surface area contributed by atoms with Gasteiger partial charge in [-0.2, -0.15) is 13.2 Å². The van der Waals surface area contributed by atoms with Crippen molar-refractivity contribution in [2.75, 3.05) is 17.6 Å². The first kappa shape index (κ1) is 18.6. The van der Waals surface area contributed by atoms with Crippen LogP contribution in [0.15, 0.2) is 48.5 Å². The second kappa shape index (κ2) is 7.61. The Bertz CT molecular complexity index is 760. The molecule has 1 saturated heterocycles. The minimum absolute atomic E-state index is 0.246. The molecule has 0 saturated carbocycles. The molecule has 1 N–H and O–H groups in total. The van der Waals surface area contributed by atoms with Crippen LogP contribution in [0.4, 0.5) is 23.7 Å². The minimum Gasteiger partial charge on any atom is -0.308 e. The second-order valence-electron chi connectivity index (χ2n) is 6.02. The third-order valence-electron chi connectivity index (χ3n) is 4.29. The average molecular weight is 380 g/mol. The van der Waals surface area contributed by atoms with Crippen LogP contribution in [0.5, 0.6) is 0 Å². The van der Waals surface area contributed by atoms with Gasteiger partial charge in [0, 0.05) is 18.0 Å². The first-order valence-corrected chi connectivity index (χ1v) is 9.38. The number of nitrogens with zero attached hydrogens (tertiary/aromatic N) is 1. The van der Waals surface area contributed by atoms with E-state index >= 15 is 0 Å². The summed E-state index contributed by atoms with van der Waals surface area (Å²) in [4.78, 5) is 14.3. The van der Waals surface area contributed by atoms with Crippen molar-refractivity contribution < 1.29 is 18.0 Å². The van der Waals surface area contributed by atoms with E-state index in [2.05, 4.69) is 12.2 Å². The van der Waals surface area contributed by atoms with Gasteiger partial charge in [-0.05, 0) is 41.8 Å². The summed E-state index contributed by atoms with van der Waals surface area (Å²) < 4.78 is 38.2. The predicted molar refractivity (Wildman–Crippen MR) is 98.2 cm³/mol. The number of rotatable bonds is 3. The van der Waals surface area contributed by atoms with E-state index in [4.69, 9.17) is 0 Å². The maximum absolute atomic E-state index is 12.7. The molecule has 0 aliphatic carbocycles. The zero-order valence-electron chi connectivity index (χ0n) is 14.2. The molecule has 2 amide bonds. The average Bonchev–Trinajstić information content (AvgIpc) is 3.11. The number of hydrogen-bond donors (Lipinski definition) is 1. The van der Waals surface area contributed by atoms with Crippen LogP contribution < -0.4 is 5.32 Å². The maximum atomic E-state index is 12.7. The van der Waals surface area contributed by atoms with Gasteiger partial charge in [0.25, 0.3) is 0 Å². The summed E-state index contributed by atoms with van der Waals surface area (Å²) in [5.41, 5.74) is 1.89. The Morgan fingerprint density at radius 1 is 1.15 bits per heavy atom. The third-order valence-corrected chi connectivity index (χ3v) is 5.55. The Balaban J connectivity index is 1.71. The molecule has 138 valence electrons. The molecule has 1 unspecified atom stereocenters. The topological polar surface area (TPSA) is 32.3 Å². The highest BCUT2D eigenvalue weighted by Crippen LogP contribution is 2.39. The highest BCUT2D eigenvalue weighted by Gasteiger charge is 2.33. The largest absolute Gasteiger partial charge is 0.416 e. The van der Waals surface area contributed by atoms with Crippen LogP contribution in [0.25, 0.3) is 0 Å². The van der Waals surface area contributed by atoms with E-state index in [-0.39, 0.29) is 11.4 Å². The number of amides is 2. The van der Waals surface area contributed by atoms with Crippen LogP contribution in [0, 0.1) is 0 Å². The third kappa shape index (κ3) is 4.15. The van der Waals surface area contributed by atoms with Gasteiger partial charge in [-0.1, -0.05) is 31.2 Å². The molecule has 2 aromatic carbocycles. The summed E-state index contributed by atoms with van der Waals surface area (Å²) in [5, 5.41) is 2.58. The van der Waals surface area contributed by atoms with Crippen LogP contribution in [0.2, 0.25) is 0 Å². The SMILES string of the molecule is CCc1ccc(NC(=O)N2CCSC2c2ccc(C(F)(F)F)cc2)cc1. The number of aryl methyl sites for hydroxylation is 1. The van der Waals surface area contributed by atoms with Gasteiger partial charge in [0.15, 0.2) is 0 Å². The van der Waals surface area contributed by atoms with Gasteiger partial charge in [0.2, 0.25) is 0 Å². The summed E-state index contributed by atoms with van der Waals surface area (Å²) in [5.74, 6) is 0.744. The Kier molecular flexibility index (Phi) is 5.46. The zero-order valence-corrected chi connectivity index (χ0v) is 15.0. The highest BCUT2D eigenvalue weighted by molar-refractivity contribution is 7.99. The van der Waals surface area contributed by atoms with Crippen molar-refractivity contribution >= 4 is 23.5 Å². The van der Waals surface area contributed by atoms with E-state index < -0.39 is 11.7 Å². The summed E-state index contributed by atoms with van der Waals surface area (Å²) >= 11 is 1.55. The zero-order chi connectivity index (χ0) is 18.7. The molecule has 1 fully saturated rings. The summed E-state index contributed by atoms with van der Waals surface area (Å²) in [6.45, 7) is 2.61. The fourth-order valence-corrected chi connectivity index (χ4v) is 4.07. The minimum atomic E-state index is -4.36. The number of alkyl halides is 3. The first-order chi connectivity index (χ1) is 12.4. The molecule has 1 heterocycles. The molecule has 1 aliphatic heterocycles. The Morgan fingerprint density at radius 3 is 2.38 bits per heavy atom. The van der Waals surface area contributed by atoms with Crippen LogP contribution in [-0.2, 0) is 12.6 Å². The first-order valence-electron chi connectivity index (χ1n) is 8.34. The van der Waals surface area contributed by atoms with Crippen molar-refractivity contribution in [1.29, 1.82) is 0 Å². The van der Waals surface area contributed by atoms with Crippen LogP contribution in [0.3, 0.4) is 0 Å². The molecule has 0 aromatic heterocycles. The van der Waals surface area contributed by atoms with Gasteiger partial charge in [0.05, 0.1) is 5.56 Å². The van der Waals surface area contributed by atoms with E-state index in [1.54, 1.807) is 16.7 Å². The van der Waals surface area contributed by atoms with Crippen molar-refractivity contribution in [3.05, 3.63) is 65.2 Å². The molecule has 1 aliphatic rings. The number of carbonyl (C=O) groups is 1. The fraction of sp³-hybridized carbons (Fsp3) is 0.316. The number of hydrogen-bond acceptors (Lipinski definition) is 2. The maximum Gasteiger partial charge on any atom is 0.416 e. The van der Waals surface area contributed by atoms with Crippen molar-refractivity contribution in [3.63, 3.8) is 0 Å². The number of urea groups is 1. The lowest BCUT2D eigenvalue weighted by Crippen LogP contribution is -2.34. The van der Waals surface area contributed by atoms with Crippen LogP contribution >= 0.6 is 11.8 Å². The van der Waals surface area contributed by atoms with Crippen molar-refractivity contribution in [3.8, 4) is 0 Å². The Labute approximate surface area is 154 Å². The van der Waals surface area contributed by atoms with Crippen molar-refractivity contribution in [2.24, 2.45) is 0 Å².